The van der Waals surface area contributed by atoms with Gasteiger partial charge in [-0.15, -0.1) is 0 Å². The van der Waals surface area contributed by atoms with Gasteiger partial charge in [-0.05, 0) is 42.8 Å². The van der Waals surface area contributed by atoms with Gasteiger partial charge in [0.2, 0.25) is 10.0 Å². The molecule has 2 atom stereocenters. The number of hydrogen-bond acceptors (Lipinski definition) is 7. The predicted octanol–water partition coefficient (Wildman–Crippen LogP) is 2.12. The van der Waals surface area contributed by atoms with Gasteiger partial charge in [0.25, 0.3) is 0 Å². The normalized spacial score (nSPS) is 22.9. The van der Waals surface area contributed by atoms with Crippen molar-refractivity contribution in [2.45, 2.75) is 23.4 Å². The number of ether oxygens (including phenoxy) is 3. The number of methoxy groups -OCH3 is 1. The molecule has 0 amide bonds. The first kappa shape index (κ1) is 21.8. The van der Waals surface area contributed by atoms with Crippen molar-refractivity contribution < 1.29 is 27.4 Å². The van der Waals surface area contributed by atoms with Crippen LogP contribution in [0.2, 0.25) is 0 Å². The van der Waals surface area contributed by atoms with Gasteiger partial charge in [0.05, 0.1) is 25.2 Å². The zero-order chi connectivity index (χ0) is 21.8. The number of benzene rings is 2. The lowest BCUT2D eigenvalue weighted by Crippen LogP contribution is -2.45. The van der Waals surface area contributed by atoms with Crippen molar-refractivity contribution >= 4 is 16.0 Å². The Morgan fingerprint density at radius 1 is 1.00 bits per heavy atom. The minimum absolute atomic E-state index is 0.0523. The first-order chi connectivity index (χ1) is 15.0. The summed E-state index contributed by atoms with van der Waals surface area (Å²) in [7, 11) is -2.60. The maximum Gasteiger partial charge on any atom is 0.324 e. The molecular formula is C22H26N2O6S. The highest BCUT2D eigenvalue weighted by atomic mass is 32.2. The van der Waals surface area contributed by atoms with Crippen LogP contribution in [-0.2, 0) is 24.3 Å². The highest BCUT2D eigenvalue weighted by Crippen LogP contribution is 2.31. The summed E-state index contributed by atoms with van der Waals surface area (Å²) in [6, 6.07) is 14.6. The van der Waals surface area contributed by atoms with E-state index in [1.165, 1.54) is 23.5 Å². The molecule has 9 heteroatoms. The van der Waals surface area contributed by atoms with Crippen LogP contribution in [0.4, 0.5) is 0 Å². The molecule has 4 rings (SSSR count). The number of morpholine rings is 1. The number of rotatable bonds is 6. The summed E-state index contributed by atoms with van der Waals surface area (Å²) in [6.45, 7) is 2.89. The van der Waals surface area contributed by atoms with E-state index >= 15 is 0 Å². The number of esters is 1. The molecule has 0 radical (unpaired) electrons. The molecular weight excluding hydrogens is 420 g/mol. The van der Waals surface area contributed by atoms with E-state index in [0.29, 0.717) is 31.1 Å². The van der Waals surface area contributed by atoms with Crippen LogP contribution < -0.4 is 4.74 Å². The van der Waals surface area contributed by atoms with E-state index in [9.17, 15) is 13.2 Å². The Hall–Kier alpha value is -2.46. The lowest BCUT2D eigenvalue weighted by atomic mass is 10.1. The number of sulfonamides is 1. The number of hydrogen-bond donors (Lipinski definition) is 0. The van der Waals surface area contributed by atoms with Gasteiger partial charge in [-0.1, -0.05) is 18.2 Å². The van der Waals surface area contributed by atoms with E-state index in [-0.39, 0.29) is 17.5 Å². The van der Waals surface area contributed by atoms with Crippen LogP contribution in [0.25, 0.3) is 0 Å². The van der Waals surface area contributed by atoms with Gasteiger partial charge in [0.15, 0.2) is 0 Å². The van der Waals surface area contributed by atoms with E-state index in [1.807, 2.05) is 30.3 Å². The molecule has 0 bridgehead atoms. The largest absolute Gasteiger partial charge is 0.468 e. The van der Waals surface area contributed by atoms with Crippen molar-refractivity contribution in [3.8, 4) is 11.5 Å². The van der Waals surface area contributed by atoms with E-state index in [2.05, 4.69) is 4.90 Å². The third-order valence-corrected chi connectivity index (χ3v) is 7.57. The van der Waals surface area contributed by atoms with Crippen molar-refractivity contribution in [3.05, 3.63) is 54.6 Å². The molecule has 2 aliphatic heterocycles. The van der Waals surface area contributed by atoms with Gasteiger partial charge in [0.1, 0.15) is 17.5 Å². The average Bonchev–Trinajstić information content (AvgIpc) is 3.27. The molecule has 0 N–H and O–H groups in total. The van der Waals surface area contributed by atoms with Crippen molar-refractivity contribution in [1.82, 2.24) is 9.21 Å². The Morgan fingerprint density at radius 2 is 1.65 bits per heavy atom. The summed E-state index contributed by atoms with van der Waals surface area (Å²) in [5.41, 5.74) is 0. The van der Waals surface area contributed by atoms with Gasteiger partial charge in [-0.2, -0.15) is 4.31 Å². The van der Waals surface area contributed by atoms with Crippen LogP contribution in [-0.4, -0.2) is 75.6 Å². The molecule has 0 unspecified atom stereocenters. The maximum absolute atomic E-state index is 13.4. The Balaban J connectivity index is 1.54. The van der Waals surface area contributed by atoms with Crippen LogP contribution in [0, 0.1) is 0 Å². The molecule has 0 saturated carbocycles. The van der Waals surface area contributed by atoms with Gasteiger partial charge in [-0.3, -0.25) is 9.69 Å². The number of nitrogens with zero attached hydrogens (tertiary/aromatic N) is 2. The summed E-state index contributed by atoms with van der Waals surface area (Å²) < 4.78 is 44.1. The van der Waals surface area contributed by atoms with E-state index in [1.54, 1.807) is 12.1 Å². The minimum atomic E-state index is -3.89. The topological polar surface area (TPSA) is 85.4 Å². The Labute approximate surface area is 182 Å². The van der Waals surface area contributed by atoms with Gasteiger partial charge in [0, 0.05) is 25.7 Å². The fraction of sp³-hybridized carbons (Fsp3) is 0.409. The van der Waals surface area contributed by atoms with Crippen LogP contribution >= 0.6 is 0 Å². The molecule has 2 aromatic rings. The molecule has 31 heavy (non-hydrogen) atoms. The van der Waals surface area contributed by atoms with E-state index in [4.69, 9.17) is 14.2 Å². The average molecular weight is 447 g/mol. The van der Waals surface area contributed by atoms with Gasteiger partial charge < -0.3 is 14.2 Å². The third-order valence-electron chi connectivity index (χ3n) is 5.68. The highest BCUT2D eigenvalue weighted by Gasteiger charge is 2.46. The molecule has 2 fully saturated rings. The Kier molecular flexibility index (Phi) is 6.57. The second kappa shape index (κ2) is 9.35. The van der Waals surface area contributed by atoms with Gasteiger partial charge in [-0.25, -0.2) is 8.42 Å². The zero-order valence-electron chi connectivity index (χ0n) is 17.3. The number of carbonyl (C=O) groups is 1. The molecule has 0 aromatic heterocycles. The lowest BCUT2D eigenvalue weighted by molar-refractivity contribution is -0.144. The van der Waals surface area contributed by atoms with Gasteiger partial charge >= 0.3 is 5.97 Å². The fourth-order valence-corrected chi connectivity index (χ4v) is 5.67. The maximum atomic E-state index is 13.4. The molecule has 0 aliphatic carbocycles. The van der Waals surface area contributed by atoms with E-state index < -0.39 is 22.0 Å². The predicted molar refractivity (Wildman–Crippen MR) is 113 cm³/mol. The summed E-state index contributed by atoms with van der Waals surface area (Å²) in [5.74, 6) is 0.655. The summed E-state index contributed by atoms with van der Waals surface area (Å²) in [4.78, 5) is 14.7. The lowest BCUT2D eigenvalue weighted by Gasteiger charge is -2.31. The van der Waals surface area contributed by atoms with Crippen LogP contribution in [0.3, 0.4) is 0 Å². The molecule has 8 nitrogen and oxygen atoms in total. The molecule has 2 heterocycles. The molecule has 2 aliphatic rings. The third kappa shape index (κ3) is 4.74. The Morgan fingerprint density at radius 3 is 2.29 bits per heavy atom. The number of para-hydroxylation sites is 1. The second-order valence-electron chi connectivity index (χ2n) is 7.54. The number of carbonyl (C=O) groups excluding carboxylic acids is 1. The fourth-order valence-electron chi connectivity index (χ4n) is 4.05. The molecule has 2 aromatic carbocycles. The van der Waals surface area contributed by atoms with Crippen molar-refractivity contribution in [2.24, 2.45) is 0 Å². The monoisotopic (exact) mass is 446 g/mol. The summed E-state index contributed by atoms with van der Waals surface area (Å²) in [5, 5.41) is 0. The van der Waals surface area contributed by atoms with Crippen molar-refractivity contribution in [3.63, 3.8) is 0 Å². The standard InChI is InChI=1S/C22H26N2O6S/c1-28-22(25)21-15-17(23-11-13-29-14-12-23)16-24(21)31(26,27)20-9-7-19(8-10-20)30-18-5-3-2-4-6-18/h2-10,17,21H,11-16H2,1H3/t17-,21+/m0/s1. The molecule has 2 saturated heterocycles. The second-order valence-corrected chi connectivity index (χ2v) is 9.43. The van der Waals surface area contributed by atoms with Crippen molar-refractivity contribution in [1.29, 1.82) is 0 Å². The minimum Gasteiger partial charge on any atom is -0.468 e. The summed E-state index contributed by atoms with van der Waals surface area (Å²) >= 11 is 0. The Bertz CT molecular complexity index is 990. The van der Waals surface area contributed by atoms with Crippen LogP contribution in [0.15, 0.2) is 59.5 Å². The molecule has 0 spiro atoms. The van der Waals surface area contributed by atoms with E-state index in [0.717, 1.165) is 13.1 Å². The van der Waals surface area contributed by atoms with Crippen LogP contribution in [0.5, 0.6) is 11.5 Å². The SMILES string of the molecule is COC(=O)[C@H]1C[C@H](N2CCOCC2)CN1S(=O)(=O)c1ccc(Oc2ccccc2)cc1. The smallest absolute Gasteiger partial charge is 0.324 e. The zero-order valence-corrected chi connectivity index (χ0v) is 18.2. The summed E-state index contributed by atoms with van der Waals surface area (Å²) in [6.07, 6.45) is 0.404. The first-order valence-corrected chi connectivity index (χ1v) is 11.7. The quantitative estimate of drug-likeness (QED) is 0.629. The molecule has 166 valence electrons. The van der Waals surface area contributed by atoms with Crippen LogP contribution in [0.1, 0.15) is 6.42 Å². The first-order valence-electron chi connectivity index (χ1n) is 10.2. The highest BCUT2D eigenvalue weighted by molar-refractivity contribution is 7.89. The van der Waals surface area contributed by atoms with Crippen molar-refractivity contribution in [2.75, 3.05) is 40.0 Å².